The van der Waals surface area contributed by atoms with E-state index in [1.165, 1.54) is 18.9 Å². The monoisotopic (exact) mass is 453 g/mol. The average Bonchev–Trinajstić information content (AvgIpc) is 3.44. The van der Waals surface area contributed by atoms with Gasteiger partial charge in [0.05, 0.1) is 17.6 Å². The molecule has 1 N–H and O–H groups in total. The fourth-order valence-corrected chi connectivity index (χ4v) is 4.64. The summed E-state index contributed by atoms with van der Waals surface area (Å²) in [7, 11) is 1.53. The molecule has 1 aliphatic heterocycles. The van der Waals surface area contributed by atoms with Crippen molar-refractivity contribution in [3.63, 3.8) is 0 Å². The van der Waals surface area contributed by atoms with Crippen molar-refractivity contribution < 1.29 is 18.7 Å². The van der Waals surface area contributed by atoms with Gasteiger partial charge in [0.2, 0.25) is 5.78 Å². The van der Waals surface area contributed by atoms with E-state index >= 15 is 0 Å². The SMILES string of the molecule is COc1ccc(-c2ccc(/C=C3\Sc4ccccc4C3=O)o2)cc1C(=O)Nc1ccccc1. The standard InChI is InChI=1S/C27H19NO4S/c1-31-23-13-11-17(15-21(23)27(30)28-18-7-3-2-4-8-18)22-14-12-19(32-22)16-25-26(29)20-9-5-6-10-24(20)33-25/h2-16H,1H3,(H,28,30)/b25-16-. The Morgan fingerprint density at radius 2 is 1.76 bits per heavy atom. The average molecular weight is 454 g/mol. The fourth-order valence-electron chi connectivity index (χ4n) is 3.61. The van der Waals surface area contributed by atoms with Gasteiger partial charge in [0.25, 0.3) is 5.91 Å². The summed E-state index contributed by atoms with van der Waals surface area (Å²) in [6.45, 7) is 0. The Morgan fingerprint density at radius 1 is 0.970 bits per heavy atom. The quantitative estimate of drug-likeness (QED) is 0.348. The number of carbonyl (C=O) groups excluding carboxylic acids is 2. The molecule has 0 fully saturated rings. The number of fused-ring (bicyclic) bond motifs is 1. The van der Waals surface area contributed by atoms with Crippen molar-refractivity contribution in [1.82, 2.24) is 0 Å². The van der Waals surface area contributed by atoms with Gasteiger partial charge < -0.3 is 14.5 Å². The third-order valence-corrected chi connectivity index (χ3v) is 6.33. The highest BCUT2D eigenvalue weighted by Gasteiger charge is 2.25. The Balaban J connectivity index is 1.41. The van der Waals surface area contributed by atoms with Crippen LogP contribution in [0.1, 0.15) is 26.5 Å². The third kappa shape index (κ3) is 4.21. The first-order chi connectivity index (χ1) is 16.1. The molecule has 0 bridgehead atoms. The number of hydrogen-bond donors (Lipinski definition) is 1. The molecule has 1 amide bonds. The summed E-state index contributed by atoms with van der Waals surface area (Å²) in [6.07, 6.45) is 1.75. The van der Waals surface area contributed by atoms with Crippen molar-refractivity contribution in [2.24, 2.45) is 0 Å². The highest BCUT2D eigenvalue weighted by molar-refractivity contribution is 8.04. The number of thioether (sulfide) groups is 1. The highest BCUT2D eigenvalue weighted by atomic mass is 32.2. The van der Waals surface area contributed by atoms with Gasteiger partial charge in [-0.05, 0) is 60.7 Å². The van der Waals surface area contributed by atoms with Crippen LogP contribution in [0, 0.1) is 0 Å². The second-order valence-electron chi connectivity index (χ2n) is 7.37. The number of benzene rings is 3. The molecule has 33 heavy (non-hydrogen) atoms. The Morgan fingerprint density at radius 3 is 2.55 bits per heavy atom. The molecule has 0 saturated carbocycles. The van der Waals surface area contributed by atoms with Crippen LogP contribution < -0.4 is 10.1 Å². The molecular weight excluding hydrogens is 434 g/mol. The lowest BCUT2D eigenvalue weighted by atomic mass is 10.1. The zero-order valence-corrected chi connectivity index (χ0v) is 18.5. The molecule has 5 nitrogen and oxygen atoms in total. The topological polar surface area (TPSA) is 68.5 Å². The predicted octanol–water partition coefficient (Wildman–Crippen LogP) is 6.54. The third-order valence-electron chi connectivity index (χ3n) is 5.24. The smallest absolute Gasteiger partial charge is 0.259 e. The lowest BCUT2D eigenvalue weighted by Crippen LogP contribution is -2.13. The van der Waals surface area contributed by atoms with Crippen LogP contribution in [0.4, 0.5) is 5.69 Å². The highest BCUT2D eigenvalue weighted by Crippen LogP contribution is 2.41. The lowest BCUT2D eigenvalue weighted by Gasteiger charge is -2.10. The summed E-state index contributed by atoms with van der Waals surface area (Å²) in [5.74, 6) is 1.34. The van der Waals surface area contributed by atoms with Crippen LogP contribution >= 0.6 is 11.8 Å². The Labute approximate surface area is 195 Å². The minimum Gasteiger partial charge on any atom is -0.496 e. The maximum absolute atomic E-state index is 12.9. The van der Waals surface area contributed by atoms with E-state index in [9.17, 15) is 9.59 Å². The van der Waals surface area contributed by atoms with Crippen LogP contribution in [0.2, 0.25) is 0 Å². The first kappa shape index (κ1) is 20.8. The lowest BCUT2D eigenvalue weighted by molar-refractivity contribution is 0.102. The second-order valence-corrected chi connectivity index (χ2v) is 8.46. The zero-order chi connectivity index (χ0) is 22.8. The molecule has 0 atom stereocenters. The molecule has 0 spiro atoms. The number of para-hydroxylation sites is 1. The number of ether oxygens (including phenoxy) is 1. The molecule has 0 unspecified atom stereocenters. The first-order valence-corrected chi connectivity index (χ1v) is 11.1. The zero-order valence-electron chi connectivity index (χ0n) is 17.7. The number of amides is 1. The first-order valence-electron chi connectivity index (χ1n) is 10.3. The molecule has 5 rings (SSSR count). The number of carbonyl (C=O) groups is 2. The van der Waals surface area contributed by atoms with Gasteiger partial charge in [0.1, 0.15) is 17.3 Å². The van der Waals surface area contributed by atoms with Gasteiger partial charge in [0.15, 0.2) is 0 Å². The number of nitrogens with one attached hydrogen (secondary N) is 1. The van der Waals surface area contributed by atoms with E-state index in [2.05, 4.69) is 5.32 Å². The molecule has 1 aliphatic rings. The van der Waals surface area contributed by atoms with Crippen LogP contribution in [0.15, 0.2) is 99.1 Å². The summed E-state index contributed by atoms with van der Waals surface area (Å²) in [5.41, 5.74) is 2.53. The number of allylic oxidation sites excluding steroid dienone is 1. The van der Waals surface area contributed by atoms with E-state index in [1.54, 1.807) is 18.2 Å². The second kappa shape index (κ2) is 8.84. The number of rotatable bonds is 5. The van der Waals surface area contributed by atoms with Crippen LogP contribution in [0.25, 0.3) is 17.4 Å². The van der Waals surface area contributed by atoms with Crippen LogP contribution in [-0.2, 0) is 0 Å². The minimum atomic E-state index is -0.278. The van der Waals surface area contributed by atoms with Crippen molar-refractivity contribution in [3.05, 3.63) is 107 Å². The molecular formula is C27H19NO4S. The molecule has 4 aromatic rings. The summed E-state index contributed by atoms with van der Waals surface area (Å²) >= 11 is 1.44. The number of methoxy groups -OCH3 is 1. The molecule has 6 heteroatoms. The minimum absolute atomic E-state index is 0.00198. The number of hydrogen-bond acceptors (Lipinski definition) is 5. The molecule has 1 aromatic heterocycles. The van der Waals surface area contributed by atoms with Crippen LogP contribution in [0.3, 0.4) is 0 Å². The van der Waals surface area contributed by atoms with Crippen molar-refractivity contribution >= 4 is 35.2 Å². The van der Waals surface area contributed by atoms with Crippen LogP contribution in [-0.4, -0.2) is 18.8 Å². The number of furan rings is 1. The van der Waals surface area contributed by atoms with E-state index in [1.807, 2.05) is 72.8 Å². The van der Waals surface area contributed by atoms with Gasteiger partial charge in [-0.1, -0.05) is 42.1 Å². The Hall–Kier alpha value is -4.03. The maximum atomic E-state index is 12.9. The number of Topliss-reactive ketones (excluding diaryl/α,β-unsaturated/α-hetero) is 1. The van der Waals surface area contributed by atoms with Gasteiger partial charge in [-0.15, -0.1) is 0 Å². The number of ketones is 1. The number of anilines is 1. The Kier molecular flexibility index (Phi) is 5.59. The molecule has 162 valence electrons. The molecule has 0 saturated heterocycles. The van der Waals surface area contributed by atoms with Crippen molar-refractivity contribution in [2.45, 2.75) is 4.90 Å². The summed E-state index contributed by atoms with van der Waals surface area (Å²) in [4.78, 5) is 27.1. The fraction of sp³-hybridized carbons (Fsp3) is 0.0370. The van der Waals surface area contributed by atoms with E-state index in [4.69, 9.17) is 9.15 Å². The van der Waals surface area contributed by atoms with Gasteiger partial charge >= 0.3 is 0 Å². The van der Waals surface area contributed by atoms with Crippen molar-refractivity contribution in [2.75, 3.05) is 12.4 Å². The largest absolute Gasteiger partial charge is 0.496 e. The van der Waals surface area contributed by atoms with Gasteiger partial charge in [-0.2, -0.15) is 0 Å². The molecule has 0 radical (unpaired) electrons. The van der Waals surface area contributed by atoms with Gasteiger partial charge in [-0.25, -0.2) is 0 Å². The molecule has 0 aliphatic carbocycles. The molecule has 2 heterocycles. The summed E-state index contributed by atoms with van der Waals surface area (Å²) in [6, 6.07) is 25.7. The Bertz CT molecular complexity index is 1390. The summed E-state index contributed by atoms with van der Waals surface area (Å²) in [5, 5.41) is 2.88. The van der Waals surface area contributed by atoms with Gasteiger partial charge in [-0.3, -0.25) is 9.59 Å². The summed E-state index contributed by atoms with van der Waals surface area (Å²) < 4.78 is 11.4. The van der Waals surface area contributed by atoms with E-state index < -0.39 is 0 Å². The van der Waals surface area contributed by atoms with Crippen molar-refractivity contribution in [3.8, 4) is 17.1 Å². The van der Waals surface area contributed by atoms with E-state index in [0.29, 0.717) is 39.0 Å². The normalized spacial score (nSPS) is 13.7. The van der Waals surface area contributed by atoms with E-state index in [-0.39, 0.29) is 11.7 Å². The van der Waals surface area contributed by atoms with E-state index in [0.717, 1.165) is 10.5 Å². The van der Waals surface area contributed by atoms with Gasteiger partial charge in [0, 0.05) is 21.7 Å². The van der Waals surface area contributed by atoms with Crippen molar-refractivity contribution in [1.29, 1.82) is 0 Å². The van der Waals surface area contributed by atoms with Crippen LogP contribution in [0.5, 0.6) is 5.75 Å². The molecule has 3 aromatic carbocycles. The maximum Gasteiger partial charge on any atom is 0.259 e. The predicted molar refractivity (Wildman–Crippen MR) is 130 cm³/mol.